The molecule has 0 aliphatic carbocycles. The number of benzene rings is 8. The molecular weight excluding hydrogens is 621 g/mol. The fourth-order valence-corrected chi connectivity index (χ4v) is 6.15. The van der Waals surface area contributed by atoms with E-state index >= 15 is 0 Å². The fraction of sp³-hybridized carbons (Fsp3) is 0. The summed E-state index contributed by atoms with van der Waals surface area (Å²) in [6.07, 6.45) is 0. The Hall–Kier alpha value is -6.84. The quantitative estimate of drug-likeness (QED) is 0.185. The van der Waals surface area contributed by atoms with Crippen LogP contribution in [-0.4, -0.2) is 0 Å². The van der Waals surface area contributed by atoms with Gasteiger partial charge >= 0.3 is 0 Å². The van der Waals surface area contributed by atoms with E-state index in [-0.39, 0.29) is 0 Å². The van der Waals surface area contributed by atoms with Gasteiger partial charge in [0.25, 0.3) is 0 Å². The van der Waals surface area contributed by atoms with Crippen LogP contribution in [0.15, 0.2) is 211 Å². The number of hydrogen-bond donors (Lipinski definition) is 2. The molecule has 51 heavy (non-hydrogen) atoms. The minimum absolute atomic E-state index is 0.793. The second-order valence-electron chi connectivity index (χ2n) is 12.2. The average Bonchev–Trinajstić information content (AvgIpc) is 3.58. The van der Waals surface area contributed by atoms with E-state index in [1.165, 1.54) is 16.7 Å². The highest BCUT2D eigenvalue weighted by atomic mass is 16.3. The van der Waals surface area contributed by atoms with Gasteiger partial charge in [0, 0.05) is 33.3 Å². The predicted octanol–water partition coefficient (Wildman–Crippen LogP) is 12.8. The van der Waals surface area contributed by atoms with Crippen LogP contribution in [0.5, 0.6) is 0 Å². The van der Waals surface area contributed by atoms with Crippen LogP contribution in [0.1, 0.15) is 0 Å². The molecule has 246 valence electrons. The Labute approximate surface area is 299 Å². The van der Waals surface area contributed by atoms with Crippen molar-refractivity contribution in [2.24, 2.45) is 0 Å². The molecule has 0 bridgehead atoms. The summed E-state index contributed by atoms with van der Waals surface area (Å²) in [6, 6.07) is 69.8. The van der Waals surface area contributed by atoms with Gasteiger partial charge < -0.3 is 15.9 Å². The number of fused-ring (bicyclic) bond motifs is 3. The minimum atomic E-state index is 0.793. The first kappa shape index (κ1) is 32.7. The average molecular weight is 659 g/mol. The Morgan fingerprint density at radius 1 is 0.275 bits per heavy atom. The van der Waals surface area contributed by atoms with Gasteiger partial charge in [-0.1, -0.05) is 164 Å². The zero-order valence-electron chi connectivity index (χ0n) is 28.2. The van der Waals surface area contributed by atoms with E-state index in [0.717, 1.165) is 61.1 Å². The Kier molecular flexibility index (Phi) is 9.99. The SMILES string of the molecule is Nc1ccc(-c2ccccc2)cc1-c1ccccc1.Nc1ccccc1-c1cccc(-c2ccc3oc4ccccc4c3c2)c1.c1ccccc1. The van der Waals surface area contributed by atoms with Crippen molar-refractivity contribution in [3.05, 3.63) is 206 Å². The third-order valence-electron chi connectivity index (χ3n) is 8.76. The molecule has 8 aromatic carbocycles. The molecule has 1 heterocycles. The largest absolute Gasteiger partial charge is 0.456 e. The van der Waals surface area contributed by atoms with Crippen molar-refractivity contribution in [2.45, 2.75) is 0 Å². The van der Waals surface area contributed by atoms with Gasteiger partial charge in [0.05, 0.1) is 0 Å². The molecule has 3 nitrogen and oxygen atoms in total. The molecule has 1 aromatic heterocycles. The maximum absolute atomic E-state index is 6.15. The lowest BCUT2D eigenvalue weighted by Crippen LogP contribution is -1.90. The van der Waals surface area contributed by atoms with Crippen molar-refractivity contribution in [1.82, 2.24) is 0 Å². The first-order chi connectivity index (χ1) is 25.1. The predicted molar refractivity (Wildman–Crippen MR) is 217 cm³/mol. The Morgan fingerprint density at radius 2 is 0.765 bits per heavy atom. The van der Waals surface area contributed by atoms with Crippen LogP contribution in [0.3, 0.4) is 0 Å². The molecule has 0 unspecified atom stereocenters. The highest BCUT2D eigenvalue weighted by Crippen LogP contribution is 2.35. The lowest BCUT2D eigenvalue weighted by atomic mass is 9.97. The molecule has 0 radical (unpaired) electrons. The van der Waals surface area contributed by atoms with Crippen molar-refractivity contribution in [3.63, 3.8) is 0 Å². The zero-order chi connectivity index (χ0) is 34.8. The summed E-state index contributed by atoms with van der Waals surface area (Å²) in [5.41, 5.74) is 24.8. The number of rotatable bonds is 4. The number of anilines is 2. The summed E-state index contributed by atoms with van der Waals surface area (Å²) in [7, 11) is 0. The minimum Gasteiger partial charge on any atom is -0.456 e. The lowest BCUT2D eigenvalue weighted by molar-refractivity contribution is 0.669. The van der Waals surface area contributed by atoms with Gasteiger partial charge in [0.15, 0.2) is 0 Å². The molecule has 0 saturated heterocycles. The molecule has 9 rings (SSSR count). The Balaban J connectivity index is 0.000000142. The Bertz CT molecular complexity index is 2460. The highest BCUT2D eigenvalue weighted by molar-refractivity contribution is 6.06. The summed E-state index contributed by atoms with van der Waals surface area (Å²) in [5, 5.41) is 2.29. The number of hydrogen-bond acceptors (Lipinski definition) is 3. The summed E-state index contributed by atoms with van der Waals surface area (Å²) in [4.78, 5) is 0. The van der Waals surface area contributed by atoms with Crippen molar-refractivity contribution in [2.75, 3.05) is 11.5 Å². The molecule has 0 spiro atoms. The van der Waals surface area contributed by atoms with Gasteiger partial charge in [0.1, 0.15) is 11.2 Å². The van der Waals surface area contributed by atoms with Crippen molar-refractivity contribution in [3.8, 4) is 44.5 Å². The molecule has 4 N–H and O–H groups in total. The molecular formula is C48H38N2O. The smallest absolute Gasteiger partial charge is 0.135 e. The monoisotopic (exact) mass is 658 g/mol. The van der Waals surface area contributed by atoms with Crippen LogP contribution in [0.4, 0.5) is 11.4 Å². The summed E-state index contributed by atoms with van der Waals surface area (Å²) >= 11 is 0. The van der Waals surface area contributed by atoms with Gasteiger partial charge in [-0.05, 0) is 75.8 Å². The number of para-hydroxylation sites is 2. The van der Waals surface area contributed by atoms with Gasteiger partial charge in [-0.25, -0.2) is 0 Å². The van der Waals surface area contributed by atoms with Crippen molar-refractivity contribution in [1.29, 1.82) is 0 Å². The van der Waals surface area contributed by atoms with E-state index in [1.807, 2.05) is 121 Å². The van der Waals surface area contributed by atoms with E-state index in [1.54, 1.807) is 0 Å². The topological polar surface area (TPSA) is 65.2 Å². The van der Waals surface area contributed by atoms with Crippen LogP contribution < -0.4 is 11.5 Å². The third-order valence-corrected chi connectivity index (χ3v) is 8.76. The lowest BCUT2D eigenvalue weighted by Gasteiger charge is -2.09. The van der Waals surface area contributed by atoms with Crippen LogP contribution in [0.25, 0.3) is 66.4 Å². The number of furan rings is 1. The Morgan fingerprint density at radius 3 is 1.49 bits per heavy atom. The van der Waals surface area contributed by atoms with Crippen LogP contribution in [-0.2, 0) is 0 Å². The zero-order valence-corrected chi connectivity index (χ0v) is 28.2. The molecule has 0 fully saturated rings. The number of nitrogen functional groups attached to an aromatic ring is 2. The van der Waals surface area contributed by atoms with E-state index in [9.17, 15) is 0 Å². The molecule has 0 saturated carbocycles. The van der Waals surface area contributed by atoms with E-state index < -0.39 is 0 Å². The van der Waals surface area contributed by atoms with Gasteiger partial charge in [-0.3, -0.25) is 0 Å². The normalized spacial score (nSPS) is 10.5. The van der Waals surface area contributed by atoms with E-state index in [4.69, 9.17) is 15.9 Å². The van der Waals surface area contributed by atoms with Gasteiger partial charge in [0.2, 0.25) is 0 Å². The third kappa shape index (κ3) is 7.75. The maximum Gasteiger partial charge on any atom is 0.135 e. The molecule has 0 atom stereocenters. The highest BCUT2D eigenvalue weighted by Gasteiger charge is 2.10. The van der Waals surface area contributed by atoms with E-state index in [2.05, 4.69) is 84.9 Å². The van der Waals surface area contributed by atoms with Crippen LogP contribution in [0, 0.1) is 0 Å². The van der Waals surface area contributed by atoms with Crippen molar-refractivity contribution >= 4 is 33.3 Å². The second-order valence-corrected chi connectivity index (χ2v) is 12.2. The van der Waals surface area contributed by atoms with Gasteiger partial charge in [-0.15, -0.1) is 0 Å². The van der Waals surface area contributed by atoms with Crippen LogP contribution in [0.2, 0.25) is 0 Å². The van der Waals surface area contributed by atoms with Crippen LogP contribution >= 0.6 is 0 Å². The fourth-order valence-electron chi connectivity index (χ4n) is 6.15. The summed E-state index contributed by atoms with van der Waals surface area (Å²) in [6.45, 7) is 0. The standard InChI is InChI=1S/C24H17NO.C18H15N.C6H6/c25-22-10-3-1-8-19(22)18-7-5-6-16(14-18)17-12-13-24-21(15-17)20-9-2-4-11-23(20)26-24;19-18-12-11-16(14-7-3-1-4-8-14)13-17(18)15-9-5-2-6-10-15;1-2-4-6-5-3-1/h1-15H,25H2;1-13H,19H2;1-6H. The molecule has 0 aliphatic heterocycles. The first-order valence-electron chi connectivity index (χ1n) is 17.0. The summed E-state index contributed by atoms with van der Waals surface area (Å²) < 4.78 is 5.94. The molecule has 0 amide bonds. The van der Waals surface area contributed by atoms with E-state index in [0.29, 0.717) is 0 Å². The van der Waals surface area contributed by atoms with Gasteiger partial charge in [-0.2, -0.15) is 0 Å². The summed E-state index contributed by atoms with van der Waals surface area (Å²) in [5.74, 6) is 0. The molecule has 9 aromatic rings. The first-order valence-corrected chi connectivity index (χ1v) is 17.0. The number of nitrogens with two attached hydrogens (primary N) is 2. The maximum atomic E-state index is 6.15. The molecule has 3 heteroatoms. The van der Waals surface area contributed by atoms with Crippen molar-refractivity contribution < 1.29 is 4.42 Å². The molecule has 0 aliphatic rings. The second kappa shape index (κ2) is 15.6.